The Bertz CT molecular complexity index is 556. The van der Waals surface area contributed by atoms with Gasteiger partial charge in [-0.1, -0.05) is 12.1 Å². The molecule has 0 fully saturated rings. The van der Waals surface area contributed by atoms with E-state index >= 15 is 0 Å². The van der Waals surface area contributed by atoms with E-state index in [4.69, 9.17) is 4.74 Å². The number of hydrogen-bond acceptors (Lipinski definition) is 4. The van der Waals surface area contributed by atoms with Crippen LogP contribution >= 0.6 is 0 Å². The van der Waals surface area contributed by atoms with E-state index in [-0.39, 0.29) is 18.2 Å². The van der Waals surface area contributed by atoms with Crippen LogP contribution in [0.15, 0.2) is 24.3 Å². The summed E-state index contributed by atoms with van der Waals surface area (Å²) in [4.78, 5) is 11.7. The van der Waals surface area contributed by atoms with Crippen molar-refractivity contribution < 1.29 is 17.9 Å². The molecule has 1 aliphatic heterocycles. The predicted molar refractivity (Wildman–Crippen MR) is 67.0 cm³/mol. The lowest BCUT2D eigenvalue weighted by atomic mass is 10.2. The molecule has 18 heavy (non-hydrogen) atoms. The second kappa shape index (κ2) is 4.95. The third-order valence-corrected chi connectivity index (χ3v) is 3.94. The van der Waals surface area contributed by atoms with E-state index < -0.39 is 16.1 Å². The van der Waals surface area contributed by atoms with Crippen LogP contribution in [0.5, 0.6) is 5.75 Å². The maximum absolute atomic E-state index is 11.7. The summed E-state index contributed by atoms with van der Waals surface area (Å²) < 4.78 is 30.4. The molecule has 1 heterocycles. The molecule has 2 rings (SSSR count). The molecule has 2 N–H and O–H groups in total. The first-order chi connectivity index (χ1) is 8.52. The fraction of sp³-hybridized carbons (Fsp3) is 0.364. The van der Waals surface area contributed by atoms with Gasteiger partial charge >= 0.3 is 0 Å². The lowest BCUT2D eigenvalue weighted by Gasteiger charge is -2.25. The maximum Gasteiger partial charge on any atom is 0.266 e. The molecule has 1 atom stereocenters. The number of anilines is 1. The molecule has 1 aliphatic rings. The Kier molecular flexibility index (Phi) is 3.53. The number of benzene rings is 1. The van der Waals surface area contributed by atoms with Crippen molar-refractivity contribution in [3.63, 3.8) is 0 Å². The minimum absolute atomic E-state index is 0.0298. The first-order valence-electron chi connectivity index (χ1n) is 5.56. The van der Waals surface area contributed by atoms with Crippen LogP contribution in [0, 0.1) is 0 Å². The summed E-state index contributed by atoms with van der Waals surface area (Å²) in [7, 11) is -3.33. The zero-order valence-electron chi connectivity index (χ0n) is 9.84. The molecule has 0 saturated carbocycles. The molecule has 0 aromatic heterocycles. The Morgan fingerprint density at radius 3 is 2.83 bits per heavy atom. The lowest BCUT2D eigenvalue weighted by Crippen LogP contribution is -2.45. The van der Waals surface area contributed by atoms with Gasteiger partial charge in [0, 0.05) is 0 Å². The highest BCUT2D eigenvalue weighted by atomic mass is 32.2. The van der Waals surface area contributed by atoms with Gasteiger partial charge in [0.2, 0.25) is 10.0 Å². The van der Waals surface area contributed by atoms with Crippen LogP contribution < -0.4 is 14.8 Å². The van der Waals surface area contributed by atoms with Crippen LogP contribution in [0.25, 0.3) is 0 Å². The minimum atomic E-state index is -3.33. The van der Waals surface area contributed by atoms with E-state index in [0.717, 1.165) is 0 Å². The van der Waals surface area contributed by atoms with E-state index in [2.05, 4.69) is 10.0 Å². The summed E-state index contributed by atoms with van der Waals surface area (Å²) in [5.74, 6) is 0.156. The predicted octanol–water partition coefficient (Wildman–Crippen LogP) is 0.325. The van der Waals surface area contributed by atoms with Gasteiger partial charge in [-0.05, 0) is 19.1 Å². The van der Waals surface area contributed by atoms with Gasteiger partial charge in [-0.25, -0.2) is 13.1 Å². The van der Waals surface area contributed by atoms with E-state index in [1.54, 1.807) is 24.3 Å². The van der Waals surface area contributed by atoms with Crippen LogP contribution in [0.2, 0.25) is 0 Å². The summed E-state index contributed by atoms with van der Waals surface area (Å²) in [6.45, 7) is 1.45. The molecule has 0 bridgehead atoms. The second-order valence-corrected chi connectivity index (χ2v) is 5.94. The zero-order chi connectivity index (χ0) is 13.2. The molecule has 1 aromatic carbocycles. The van der Waals surface area contributed by atoms with Crippen LogP contribution in [0.1, 0.15) is 6.92 Å². The molecule has 0 radical (unpaired) electrons. The Balaban J connectivity index is 2.06. The van der Waals surface area contributed by atoms with E-state index in [1.807, 2.05) is 0 Å². The van der Waals surface area contributed by atoms with Gasteiger partial charge in [-0.15, -0.1) is 0 Å². The number of fused-ring (bicyclic) bond motifs is 1. The normalized spacial score (nSPS) is 18.7. The number of para-hydroxylation sites is 2. The number of carbonyl (C=O) groups excluding carboxylic acids is 1. The largest absolute Gasteiger partial charge is 0.477 e. The Hall–Kier alpha value is -1.60. The number of hydrogen-bond donors (Lipinski definition) is 2. The molecule has 98 valence electrons. The standard InChI is InChI=1S/C11H14N2O4S/c1-2-18(15,16)12-7-10-11(14)13-8-5-3-4-6-9(8)17-10/h3-6,10,12H,2,7H2,1H3,(H,13,14). The molecule has 1 unspecified atom stereocenters. The van der Waals surface area contributed by atoms with E-state index in [9.17, 15) is 13.2 Å². The first kappa shape index (κ1) is 12.8. The summed E-state index contributed by atoms with van der Waals surface area (Å²) in [5.41, 5.74) is 0.595. The van der Waals surface area contributed by atoms with Gasteiger partial charge in [0.15, 0.2) is 6.10 Å². The van der Waals surface area contributed by atoms with Crippen molar-refractivity contribution in [2.45, 2.75) is 13.0 Å². The lowest BCUT2D eigenvalue weighted by molar-refractivity contribution is -0.123. The molecule has 1 aromatic rings. The minimum Gasteiger partial charge on any atom is -0.477 e. The van der Waals surface area contributed by atoms with Crippen molar-refractivity contribution in [2.75, 3.05) is 17.6 Å². The Morgan fingerprint density at radius 2 is 2.11 bits per heavy atom. The molecular formula is C11H14N2O4S. The average Bonchev–Trinajstić information content (AvgIpc) is 2.36. The summed E-state index contributed by atoms with van der Waals surface area (Å²) in [5, 5.41) is 2.67. The van der Waals surface area contributed by atoms with Crippen molar-refractivity contribution >= 4 is 21.6 Å². The number of carbonyl (C=O) groups is 1. The molecule has 0 aliphatic carbocycles. The monoisotopic (exact) mass is 270 g/mol. The number of sulfonamides is 1. The highest BCUT2D eigenvalue weighted by Crippen LogP contribution is 2.28. The van der Waals surface area contributed by atoms with Gasteiger partial charge in [0.1, 0.15) is 5.75 Å². The van der Waals surface area contributed by atoms with Gasteiger partial charge < -0.3 is 10.1 Å². The second-order valence-electron chi connectivity index (χ2n) is 3.84. The molecule has 0 spiro atoms. The van der Waals surface area contributed by atoms with Gasteiger partial charge in [-0.2, -0.15) is 0 Å². The Morgan fingerprint density at radius 1 is 1.39 bits per heavy atom. The van der Waals surface area contributed by atoms with Crippen molar-refractivity contribution in [3.05, 3.63) is 24.3 Å². The van der Waals surface area contributed by atoms with Crippen LogP contribution in [0.3, 0.4) is 0 Å². The fourth-order valence-corrected chi connectivity index (χ4v) is 2.14. The SMILES string of the molecule is CCS(=O)(=O)NCC1Oc2ccccc2NC1=O. The topological polar surface area (TPSA) is 84.5 Å². The smallest absolute Gasteiger partial charge is 0.266 e. The highest BCUT2D eigenvalue weighted by Gasteiger charge is 2.28. The number of amides is 1. The van der Waals surface area contributed by atoms with E-state index in [1.165, 1.54) is 6.92 Å². The molecule has 1 amide bonds. The summed E-state index contributed by atoms with van der Waals surface area (Å²) in [6, 6.07) is 7.00. The van der Waals surface area contributed by atoms with Crippen molar-refractivity contribution in [1.29, 1.82) is 0 Å². The van der Waals surface area contributed by atoms with Crippen LogP contribution in [-0.4, -0.2) is 32.7 Å². The third-order valence-electron chi connectivity index (χ3n) is 2.58. The average molecular weight is 270 g/mol. The van der Waals surface area contributed by atoms with Crippen LogP contribution in [-0.2, 0) is 14.8 Å². The van der Waals surface area contributed by atoms with Crippen molar-refractivity contribution in [3.8, 4) is 5.75 Å². The van der Waals surface area contributed by atoms with Crippen molar-refractivity contribution in [1.82, 2.24) is 4.72 Å². The zero-order valence-corrected chi connectivity index (χ0v) is 10.7. The van der Waals surface area contributed by atoms with E-state index in [0.29, 0.717) is 11.4 Å². The number of nitrogens with one attached hydrogen (secondary N) is 2. The van der Waals surface area contributed by atoms with Gasteiger partial charge in [0.25, 0.3) is 5.91 Å². The van der Waals surface area contributed by atoms with Crippen molar-refractivity contribution in [2.24, 2.45) is 0 Å². The number of ether oxygens (including phenoxy) is 1. The first-order valence-corrected chi connectivity index (χ1v) is 7.21. The van der Waals surface area contributed by atoms with Crippen LogP contribution in [0.4, 0.5) is 5.69 Å². The van der Waals surface area contributed by atoms with Gasteiger partial charge in [0.05, 0.1) is 18.0 Å². The molecule has 6 nitrogen and oxygen atoms in total. The fourth-order valence-electron chi connectivity index (χ4n) is 1.53. The maximum atomic E-state index is 11.7. The Labute approximate surface area is 105 Å². The summed E-state index contributed by atoms with van der Waals surface area (Å²) in [6.07, 6.45) is -0.846. The third kappa shape index (κ3) is 2.80. The summed E-state index contributed by atoms with van der Waals surface area (Å²) >= 11 is 0. The van der Waals surface area contributed by atoms with Gasteiger partial charge in [-0.3, -0.25) is 4.79 Å². The number of rotatable bonds is 4. The highest BCUT2D eigenvalue weighted by molar-refractivity contribution is 7.89. The molecular weight excluding hydrogens is 256 g/mol. The quantitative estimate of drug-likeness (QED) is 0.825. The molecule has 7 heteroatoms. The molecule has 0 saturated heterocycles.